The lowest BCUT2D eigenvalue weighted by Crippen LogP contribution is -2.19. The van der Waals surface area contributed by atoms with Crippen LogP contribution in [-0.4, -0.2) is 11.5 Å². The highest BCUT2D eigenvalue weighted by molar-refractivity contribution is 5.36. The smallest absolute Gasteiger partial charge is 0.136 e. The predicted octanol–water partition coefficient (Wildman–Crippen LogP) is 3.28. The lowest BCUT2D eigenvalue weighted by atomic mass is 10.0. The first-order chi connectivity index (χ1) is 9.22. The average Bonchev–Trinajstić information content (AvgIpc) is 2.46. The van der Waals surface area contributed by atoms with Crippen molar-refractivity contribution < 1.29 is 4.74 Å². The molecule has 3 heteroatoms. The molecule has 2 rings (SSSR count). The van der Waals surface area contributed by atoms with Gasteiger partial charge in [-0.05, 0) is 35.2 Å². The van der Waals surface area contributed by atoms with Gasteiger partial charge < -0.3 is 10.5 Å². The molecule has 19 heavy (non-hydrogen) atoms. The number of para-hydroxylation sites is 1. The number of rotatable bonds is 5. The molecule has 100 valence electrons. The summed E-state index contributed by atoms with van der Waals surface area (Å²) in [4.78, 5) is 4.02. The molecule has 0 fully saturated rings. The van der Waals surface area contributed by atoms with Crippen LogP contribution in [0.15, 0.2) is 48.8 Å². The maximum atomic E-state index is 6.09. The molecule has 0 bridgehead atoms. The van der Waals surface area contributed by atoms with E-state index in [0.717, 1.165) is 11.3 Å². The summed E-state index contributed by atoms with van der Waals surface area (Å²) < 4.78 is 6.09. The Morgan fingerprint density at radius 3 is 2.42 bits per heavy atom. The maximum Gasteiger partial charge on any atom is 0.136 e. The number of pyridine rings is 1. The number of hydrogen-bond acceptors (Lipinski definition) is 3. The fourth-order valence-electron chi connectivity index (χ4n) is 2.05. The summed E-state index contributed by atoms with van der Waals surface area (Å²) in [5.41, 5.74) is 8.09. The van der Waals surface area contributed by atoms with Crippen molar-refractivity contribution in [3.05, 3.63) is 59.9 Å². The minimum Gasteiger partial charge on any atom is -0.484 e. The highest BCUT2D eigenvalue weighted by atomic mass is 16.5. The standard InChI is InChI=1S/C16H20N2O/c1-12(2)14-5-3-4-6-15(14)19-16(11-17)13-7-9-18-10-8-13/h3-10,12,16H,11,17H2,1-2H3. The molecule has 0 saturated carbocycles. The summed E-state index contributed by atoms with van der Waals surface area (Å²) in [7, 11) is 0. The van der Waals surface area contributed by atoms with Gasteiger partial charge in [-0.3, -0.25) is 4.98 Å². The largest absolute Gasteiger partial charge is 0.484 e. The Balaban J connectivity index is 2.24. The molecule has 0 spiro atoms. The summed E-state index contributed by atoms with van der Waals surface area (Å²) >= 11 is 0. The van der Waals surface area contributed by atoms with Crippen LogP contribution < -0.4 is 10.5 Å². The van der Waals surface area contributed by atoms with Gasteiger partial charge in [-0.1, -0.05) is 32.0 Å². The lowest BCUT2D eigenvalue weighted by molar-refractivity contribution is 0.211. The van der Waals surface area contributed by atoms with Crippen LogP contribution in [0, 0.1) is 0 Å². The van der Waals surface area contributed by atoms with E-state index in [0.29, 0.717) is 12.5 Å². The summed E-state index contributed by atoms with van der Waals surface area (Å²) in [6, 6.07) is 12.0. The van der Waals surface area contributed by atoms with Crippen LogP contribution in [0.4, 0.5) is 0 Å². The number of aromatic nitrogens is 1. The molecule has 2 aromatic rings. The molecule has 1 aromatic heterocycles. The fraction of sp³-hybridized carbons (Fsp3) is 0.312. The maximum absolute atomic E-state index is 6.09. The third-order valence-corrected chi connectivity index (χ3v) is 3.10. The first-order valence-corrected chi connectivity index (χ1v) is 6.58. The van der Waals surface area contributed by atoms with Gasteiger partial charge in [0.05, 0.1) is 0 Å². The molecule has 0 radical (unpaired) electrons. The van der Waals surface area contributed by atoms with Gasteiger partial charge in [-0.25, -0.2) is 0 Å². The van der Waals surface area contributed by atoms with Crippen LogP contribution in [0.3, 0.4) is 0 Å². The Labute approximate surface area is 114 Å². The van der Waals surface area contributed by atoms with Gasteiger partial charge >= 0.3 is 0 Å². The molecule has 1 aromatic carbocycles. The van der Waals surface area contributed by atoms with Crippen molar-refractivity contribution in [1.82, 2.24) is 4.98 Å². The van der Waals surface area contributed by atoms with E-state index >= 15 is 0 Å². The quantitative estimate of drug-likeness (QED) is 0.893. The number of hydrogen-bond donors (Lipinski definition) is 1. The molecular formula is C16H20N2O. The van der Waals surface area contributed by atoms with E-state index in [2.05, 4.69) is 24.9 Å². The van der Waals surface area contributed by atoms with E-state index < -0.39 is 0 Å². The summed E-state index contributed by atoms with van der Waals surface area (Å²) in [5.74, 6) is 1.33. The van der Waals surface area contributed by atoms with Gasteiger partial charge in [0.25, 0.3) is 0 Å². The van der Waals surface area contributed by atoms with Gasteiger partial charge in [0.15, 0.2) is 0 Å². The number of nitrogens with zero attached hydrogens (tertiary/aromatic N) is 1. The van der Waals surface area contributed by atoms with E-state index in [4.69, 9.17) is 10.5 Å². The second-order valence-corrected chi connectivity index (χ2v) is 4.82. The summed E-state index contributed by atoms with van der Waals surface area (Å²) in [6.07, 6.45) is 3.38. The van der Waals surface area contributed by atoms with E-state index in [1.807, 2.05) is 30.3 Å². The first kappa shape index (κ1) is 13.6. The van der Waals surface area contributed by atoms with Crippen LogP contribution in [0.1, 0.15) is 37.0 Å². The summed E-state index contributed by atoms with van der Waals surface area (Å²) in [6.45, 7) is 4.76. The average molecular weight is 256 g/mol. The third-order valence-electron chi connectivity index (χ3n) is 3.10. The number of ether oxygens (including phenoxy) is 1. The minimum atomic E-state index is -0.136. The van der Waals surface area contributed by atoms with Gasteiger partial charge in [0.1, 0.15) is 11.9 Å². The van der Waals surface area contributed by atoms with Crippen LogP contribution in [-0.2, 0) is 0 Å². The van der Waals surface area contributed by atoms with E-state index in [1.165, 1.54) is 5.56 Å². The topological polar surface area (TPSA) is 48.1 Å². The zero-order valence-corrected chi connectivity index (χ0v) is 11.4. The van der Waals surface area contributed by atoms with E-state index in [9.17, 15) is 0 Å². The van der Waals surface area contributed by atoms with Crippen molar-refractivity contribution in [1.29, 1.82) is 0 Å². The van der Waals surface area contributed by atoms with Crippen LogP contribution in [0.25, 0.3) is 0 Å². The molecule has 1 heterocycles. The van der Waals surface area contributed by atoms with Crippen molar-refractivity contribution in [3.63, 3.8) is 0 Å². The van der Waals surface area contributed by atoms with Gasteiger partial charge in [-0.15, -0.1) is 0 Å². The van der Waals surface area contributed by atoms with E-state index in [-0.39, 0.29) is 6.10 Å². The second-order valence-electron chi connectivity index (χ2n) is 4.82. The zero-order chi connectivity index (χ0) is 13.7. The molecule has 0 aliphatic carbocycles. The Morgan fingerprint density at radius 1 is 1.11 bits per heavy atom. The molecule has 1 atom stereocenters. The molecular weight excluding hydrogens is 236 g/mol. The van der Waals surface area contributed by atoms with Crippen molar-refractivity contribution in [3.8, 4) is 5.75 Å². The van der Waals surface area contributed by atoms with Crippen molar-refractivity contribution >= 4 is 0 Å². The van der Waals surface area contributed by atoms with Gasteiger partial charge in [0.2, 0.25) is 0 Å². The Bertz CT molecular complexity index is 511. The second kappa shape index (κ2) is 6.34. The fourth-order valence-corrected chi connectivity index (χ4v) is 2.05. The predicted molar refractivity (Wildman–Crippen MR) is 77.2 cm³/mol. The van der Waals surface area contributed by atoms with Crippen molar-refractivity contribution in [2.75, 3.05) is 6.54 Å². The first-order valence-electron chi connectivity index (χ1n) is 6.58. The molecule has 2 N–H and O–H groups in total. The van der Waals surface area contributed by atoms with Crippen molar-refractivity contribution in [2.45, 2.75) is 25.9 Å². The highest BCUT2D eigenvalue weighted by Gasteiger charge is 2.14. The third kappa shape index (κ3) is 3.32. The molecule has 0 aliphatic heterocycles. The number of benzene rings is 1. The minimum absolute atomic E-state index is 0.136. The Hall–Kier alpha value is -1.87. The van der Waals surface area contributed by atoms with Crippen molar-refractivity contribution in [2.24, 2.45) is 5.73 Å². The molecule has 0 aliphatic rings. The number of nitrogens with two attached hydrogens (primary N) is 1. The molecule has 1 unspecified atom stereocenters. The van der Waals surface area contributed by atoms with Crippen LogP contribution >= 0.6 is 0 Å². The van der Waals surface area contributed by atoms with E-state index in [1.54, 1.807) is 12.4 Å². The monoisotopic (exact) mass is 256 g/mol. The Morgan fingerprint density at radius 2 is 1.79 bits per heavy atom. The van der Waals surface area contributed by atoms with Gasteiger partial charge in [0, 0.05) is 18.9 Å². The summed E-state index contributed by atoms with van der Waals surface area (Å²) in [5, 5.41) is 0. The zero-order valence-electron chi connectivity index (χ0n) is 11.4. The highest BCUT2D eigenvalue weighted by Crippen LogP contribution is 2.29. The van der Waals surface area contributed by atoms with Gasteiger partial charge in [-0.2, -0.15) is 0 Å². The molecule has 0 amide bonds. The SMILES string of the molecule is CC(C)c1ccccc1OC(CN)c1ccncc1. The Kier molecular flexibility index (Phi) is 4.53. The van der Waals surface area contributed by atoms with Crippen LogP contribution in [0.2, 0.25) is 0 Å². The lowest BCUT2D eigenvalue weighted by Gasteiger charge is -2.21. The normalized spacial score (nSPS) is 12.4. The van der Waals surface area contributed by atoms with Crippen LogP contribution in [0.5, 0.6) is 5.75 Å². The molecule has 3 nitrogen and oxygen atoms in total. The molecule has 0 saturated heterocycles.